The van der Waals surface area contributed by atoms with E-state index in [4.69, 9.17) is 0 Å². The van der Waals surface area contributed by atoms with Gasteiger partial charge in [-0.15, -0.1) is 10.2 Å². The van der Waals surface area contributed by atoms with Gasteiger partial charge < -0.3 is 0 Å². The predicted octanol–water partition coefficient (Wildman–Crippen LogP) is 4.84. The van der Waals surface area contributed by atoms with Crippen LogP contribution in [0.4, 0.5) is 13.2 Å². The summed E-state index contributed by atoms with van der Waals surface area (Å²) >= 11 is 0. The quantitative estimate of drug-likeness (QED) is 0.375. The lowest BCUT2D eigenvalue weighted by Crippen LogP contribution is -2.09. The van der Waals surface area contributed by atoms with Crippen LogP contribution in [-0.4, -0.2) is 40.2 Å². The molecular weight excluding hydrogens is 457 g/mol. The van der Waals surface area contributed by atoms with Crippen LogP contribution in [0.15, 0.2) is 48.5 Å². The van der Waals surface area contributed by atoms with E-state index < -0.39 is 12.0 Å². The second-order valence-corrected chi connectivity index (χ2v) is 8.17. The molecule has 5 aromatic rings. The molecule has 8 nitrogen and oxygen atoms in total. The van der Waals surface area contributed by atoms with Gasteiger partial charge in [0, 0.05) is 23.2 Å². The van der Waals surface area contributed by atoms with E-state index >= 15 is 0 Å². The third kappa shape index (κ3) is 4.36. The molecule has 11 heteroatoms. The number of aromatic amines is 1. The van der Waals surface area contributed by atoms with Crippen molar-refractivity contribution in [2.75, 3.05) is 0 Å². The number of aromatic nitrogens is 8. The zero-order valence-corrected chi connectivity index (χ0v) is 19.0. The van der Waals surface area contributed by atoms with Crippen molar-refractivity contribution in [1.82, 2.24) is 40.2 Å². The first kappa shape index (κ1) is 22.6. The lowest BCUT2D eigenvalue weighted by molar-refractivity contribution is -0.144. The molecule has 0 saturated heterocycles. The van der Waals surface area contributed by atoms with Crippen LogP contribution < -0.4 is 0 Å². The molecule has 0 spiro atoms. The molecular formula is C24H21F3N8. The number of alkyl halides is 3. The lowest BCUT2D eigenvalue weighted by atomic mass is 9.96. The Morgan fingerprint density at radius 3 is 2.37 bits per heavy atom. The summed E-state index contributed by atoms with van der Waals surface area (Å²) in [6.07, 6.45) is -2.80. The van der Waals surface area contributed by atoms with Gasteiger partial charge >= 0.3 is 6.18 Å². The van der Waals surface area contributed by atoms with Crippen LogP contribution >= 0.6 is 0 Å². The van der Waals surface area contributed by atoms with Crippen molar-refractivity contribution in [3.63, 3.8) is 0 Å². The molecule has 0 aliphatic carbocycles. The number of hydrogen-bond acceptors (Lipinski definition) is 6. The van der Waals surface area contributed by atoms with Gasteiger partial charge in [-0.25, -0.2) is 15.1 Å². The lowest BCUT2D eigenvalue weighted by Gasteiger charge is -2.12. The summed E-state index contributed by atoms with van der Waals surface area (Å²) in [4.78, 5) is 8.41. The topological polar surface area (TPSA) is 97.5 Å². The summed E-state index contributed by atoms with van der Waals surface area (Å²) in [5.74, 6) is -0.218. The first-order valence-corrected chi connectivity index (χ1v) is 11.1. The number of rotatable bonds is 6. The highest BCUT2D eigenvalue weighted by molar-refractivity contribution is 5.80. The maximum atomic E-state index is 13.3. The number of nitrogens with zero attached hydrogens (tertiary/aromatic N) is 7. The van der Waals surface area contributed by atoms with Crippen molar-refractivity contribution < 1.29 is 13.2 Å². The number of aryl methyl sites for hydroxylation is 2. The zero-order chi connectivity index (χ0) is 24.6. The fourth-order valence-corrected chi connectivity index (χ4v) is 4.14. The van der Waals surface area contributed by atoms with E-state index in [1.165, 1.54) is 4.52 Å². The van der Waals surface area contributed by atoms with Crippen molar-refractivity contribution in [2.45, 2.75) is 39.3 Å². The van der Waals surface area contributed by atoms with Gasteiger partial charge in [0.25, 0.3) is 5.82 Å². The molecule has 35 heavy (non-hydrogen) atoms. The number of nitrogens with one attached hydrogen (secondary N) is 1. The molecule has 178 valence electrons. The van der Waals surface area contributed by atoms with E-state index in [0.717, 1.165) is 34.4 Å². The third-order valence-corrected chi connectivity index (χ3v) is 5.74. The van der Waals surface area contributed by atoms with Crippen LogP contribution in [0, 0.1) is 6.92 Å². The van der Waals surface area contributed by atoms with Gasteiger partial charge in [0.05, 0.1) is 0 Å². The van der Waals surface area contributed by atoms with Gasteiger partial charge in [0.1, 0.15) is 5.82 Å². The number of halogens is 3. The first-order chi connectivity index (χ1) is 16.8. The average molecular weight is 478 g/mol. The molecule has 3 aromatic heterocycles. The van der Waals surface area contributed by atoms with Gasteiger partial charge in [0.15, 0.2) is 11.5 Å². The highest BCUT2D eigenvalue weighted by atomic mass is 19.4. The molecule has 0 unspecified atom stereocenters. The highest BCUT2D eigenvalue weighted by Crippen LogP contribution is 2.31. The second kappa shape index (κ2) is 8.90. The van der Waals surface area contributed by atoms with E-state index in [1.807, 2.05) is 55.5 Å². The fraction of sp³-hybridized carbons (Fsp3) is 0.250. The summed E-state index contributed by atoms with van der Waals surface area (Å²) in [6, 6.07) is 15.6. The number of hydrogen-bond donors (Lipinski definition) is 1. The monoisotopic (exact) mass is 478 g/mol. The Hall–Kier alpha value is -4.15. The average Bonchev–Trinajstić information content (AvgIpc) is 3.53. The zero-order valence-electron chi connectivity index (χ0n) is 19.0. The van der Waals surface area contributed by atoms with Gasteiger partial charge in [-0.3, -0.25) is 0 Å². The number of fused-ring (bicyclic) bond motifs is 1. The molecule has 0 radical (unpaired) electrons. The predicted molar refractivity (Wildman–Crippen MR) is 122 cm³/mol. The van der Waals surface area contributed by atoms with Crippen molar-refractivity contribution >= 4 is 5.65 Å². The van der Waals surface area contributed by atoms with E-state index in [2.05, 4.69) is 35.7 Å². The largest absolute Gasteiger partial charge is 0.453 e. The maximum absolute atomic E-state index is 13.3. The van der Waals surface area contributed by atoms with E-state index in [9.17, 15) is 13.2 Å². The maximum Gasteiger partial charge on any atom is 0.453 e. The SMILES string of the molecule is CCCc1nc(C)n2nc(C(F)(F)F)nc2c1Cc1ccc(-c2ccccc2-c2nnn[nH]2)cc1. The molecule has 0 fully saturated rings. The van der Waals surface area contributed by atoms with E-state index in [-0.39, 0.29) is 5.65 Å². The molecule has 2 aromatic carbocycles. The second-order valence-electron chi connectivity index (χ2n) is 8.17. The normalized spacial score (nSPS) is 11.9. The fourth-order valence-electron chi connectivity index (χ4n) is 4.14. The van der Waals surface area contributed by atoms with Gasteiger partial charge in [-0.1, -0.05) is 61.9 Å². The molecule has 0 aliphatic heterocycles. The highest BCUT2D eigenvalue weighted by Gasteiger charge is 2.37. The molecule has 0 saturated carbocycles. The number of tetrazole rings is 1. The molecule has 0 aliphatic rings. The molecule has 0 bridgehead atoms. The summed E-state index contributed by atoms with van der Waals surface area (Å²) < 4.78 is 41.2. The van der Waals surface area contributed by atoms with Crippen LogP contribution in [0.25, 0.3) is 28.2 Å². The van der Waals surface area contributed by atoms with E-state index in [1.54, 1.807) is 6.92 Å². The minimum Gasteiger partial charge on any atom is -0.239 e. The summed E-state index contributed by atoms with van der Waals surface area (Å²) in [7, 11) is 0. The van der Waals surface area contributed by atoms with Crippen LogP contribution in [0.5, 0.6) is 0 Å². The van der Waals surface area contributed by atoms with Gasteiger partial charge in [0.2, 0.25) is 0 Å². The number of benzene rings is 2. The van der Waals surface area contributed by atoms with Crippen LogP contribution in [-0.2, 0) is 19.0 Å². The van der Waals surface area contributed by atoms with Crippen molar-refractivity contribution in [3.05, 3.63) is 77.0 Å². The molecule has 5 rings (SSSR count). The minimum atomic E-state index is -4.63. The van der Waals surface area contributed by atoms with Gasteiger partial charge in [-0.05, 0) is 40.5 Å². The number of H-pyrrole nitrogens is 1. The van der Waals surface area contributed by atoms with Gasteiger partial charge in [-0.2, -0.15) is 17.7 Å². The first-order valence-electron chi connectivity index (χ1n) is 11.1. The van der Waals surface area contributed by atoms with Crippen molar-refractivity contribution in [1.29, 1.82) is 0 Å². The van der Waals surface area contributed by atoms with Crippen LogP contribution in [0.2, 0.25) is 0 Å². The Morgan fingerprint density at radius 2 is 1.71 bits per heavy atom. The van der Waals surface area contributed by atoms with Crippen molar-refractivity contribution in [2.24, 2.45) is 0 Å². The van der Waals surface area contributed by atoms with Crippen molar-refractivity contribution in [3.8, 4) is 22.5 Å². The molecule has 1 N–H and O–H groups in total. The summed E-state index contributed by atoms with van der Waals surface area (Å²) in [5.41, 5.74) is 5.30. The molecule has 3 heterocycles. The molecule has 0 atom stereocenters. The Kier molecular flexibility index (Phi) is 5.75. The van der Waals surface area contributed by atoms with Crippen LogP contribution in [0.3, 0.4) is 0 Å². The summed E-state index contributed by atoms with van der Waals surface area (Å²) in [6.45, 7) is 3.65. The molecule has 0 amide bonds. The Morgan fingerprint density at radius 1 is 0.971 bits per heavy atom. The Bertz CT molecular complexity index is 1470. The standard InChI is InChI=1S/C24H21F3N8/c1-3-6-20-19(22-29-23(24(25,26)27)32-35(22)14(2)28-20)13-15-9-11-16(12-10-15)17-7-4-5-8-18(17)21-30-33-34-31-21/h4-5,7-12H,3,6,13H2,1-2H3,(H,30,31,33,34). The minimum absolute atomic E-state index is 0.195. The third-order valence-electron chi connectivity index (χ3n) is 5.74. The van der Waals surface area contributed by atoms with E-state index in [0.29, 0.717) is 30.1 Å². The smallest absolute Gasteiger partial charge is 0.239 e. The Labute approximate surface area is 198 Å². The van der Waals surface area contributed by atoms with Crippen LogP contribution in [0.1, 0.15) is 41.8 Å². The summed E-state index contributed by atoms with van der Waals surface area (Å²) in [5, 5.41) is 17.8. The Balaban J connectivity index is 1.53.